The first-order chi connectivity index (χ1) is 15.5. The van der Waals surface area contributed by atoms with E-state index < -0.39 is 0 Å². The lowest BCUT2D eigenvalue weighted by molar-refractivity contribution is 0.861. The summed E-state index contributed by atoms with van der Waals surface area (Å²) in [6, 6.07) is 14.6. The Morgan fingerprint density at radius 1 is 1.16 bits per heavy atom. The lowest BCUT2D eigenvalue weighted by Gasteiger charge is -2.16. The number of thiophene rings is 1. The highest BCUT2D eigenvalue weighted by atomic mass is 32.1. The molecule has 6 nitrogen and oxygen atoms in total. The zero-order valence-electron chi connectivity index (χ0n) is 18.5. The summed E-state index contributed by atoms with van der Waals surface area (Å²) in [5, 5.41) is 7.64. The molecule has 32 heavy (non-hydrogen) atoms. The molecule has 0 aliphatic carbocycles. The minimum atomic E-state index is 0.116. The number of benzene rings is 1. The number of hydrogen-bond acceptors (Lipinski definition) is 5. The van der Waals surface area contributed by atoms with Crippen LogP contribution >= 0.6 is 11.3 Å². The summed E-state index contributed by atoms with van der Waals surface area (Å²) in [7, 11) is 2.02. The van der Waals surface area contributed by atoms with E-state index in [9.17, 15) is 0 Å². The molecule has 4 aromatic rings. The second-order valence-electron chi connectivity index (χ2n) is 7.77. The van der Waals surface area contributed by atoms with Gasteiger partial charge < -0.3 is 20.6 Å². The van der Waals surface area contributed by atoms with Crippen LogP contribution in [0.15, 0.2) is 71.8 Å². The summed E-state index contributed by atoms with van der Waals surface area (Å²) < 4.78 is 2.07. The molecule has 0 saturated heterocycles. The normalized spacial score (nSPS) is 11.8. The molecule has 0 bridgehead atoms. The molecule has 0 saturated carbocycles. The van der Waals surface area contributed by atoms with Gasteiger partial charge in [0.2, 0.25) is 5.95 Å². The molecule has 0 spiro atoms. The van der Waals surface area contributed by atoms with E-state index in [0.717, 1.165) is 28.2 Å². The largest absolute Gasteiger partial charge is 0.359 e. The van der Waals surface area contributed by atoms with Gasteiger partial charge in [-0.15, -0.1) is 0 Å². The lowest BCUT2D eigenvalue weighted by Crippen LogP contribution is -2.10. The number of nitrogens with zero attached hydrogens (tertiary/aromatic N) is 3. The molecule has 3 heterocycles. The Morgan fingerprint density at radius 3 is 2.69 bits per heavy atom. The average Bonchev–Trinajstić information content (AvgIpc) is 3.33. The van der Waals surface area contributed by atoms with E-state index >= 15 is 0 Å². The number of aryl methyl sites for hydroxylation is 2. The van der Waals surface area contributed by atoms with E-state index in [1.165, 1.54) is 11.1 Å². The second-order valence-corrected chi connectivity index (χ2v) is 8.55. The summed E-state index contributed by atoms with van der Waals surface area (Å²) >= 11 is 1.68. The Kier molecular flexibility index (Phi) is 6.68. The van der Waals surface area contributed by atoms with Gasteiger partial charge in [0.1, 0.15) is 0 Å². The fourth-order valence-corrected chi connectivity index (χ4v) is 4.23. The number of anilines is 1. The molecule has 1 aromatic carbocycles. The van der Waals surface area contributed by atoms with Gasteiger partial charge in [-0.25, -0.2) is 9.97 Å². The predicted octanol–water partition coefficient (Wildman–Crippen LogP) is 5.60. The first kappa shape index (κ1) is 21.8. The molecule has 0 aliphatic heterocycles. The molecular weight excluding hydrogens is 416 g/mol. The Hall–Kier alpha value is -3.42. The predicted molar refractivity (Wildman–Crippen MR) is 133 cm³/mol. The minimum absolute atomic E-state index is 0.116. The number of aromatic nitrogens is 4. The molecule has 7 heteroatoms. The fraction of sp³-hybridized carbons (Fsp3) is 0.200. The maximum atomic E-state index is 5.90. The molecule has 164 valence electrons. The molecule has 1 unspecified atom stereocenters. The lowest BCUT2D eigenvalue weighted by atomic mass is 10.1. The number of rotatable bonds is 6. The smallest absolute Gasteiger partial charge is 0.223 e. The van der Waals surface area contributed by atoms with Crippen molar-refractivity contribution in [2.24, 2.45) is 12.8 Å². The van der Waals surface area contributed by atoms with E-state index in [1.54, 1.807) is 17.5 Å². The van der Waals surface area contributed by atoms with Gasteiger partial charge in [0.05, 0.1) is 23.1 Å². The first-order valence-electron chi connectivity index (χ1n) is 10.5. The zero-order chi connectivity index (χ0) is 22.5. The van der Waals surface area contributed by atoms with Crippen LogP contribution in [-0.2, 0) is 13.6 Å². The van der Waals surface area contributed by atoms with Crippen LogP contribution < -0.4 is 11.1 Å². The quantitative estimate of drug-likeness (QED) is 0.361. The van der Waals surface area contributed by atoms with Crippen molar-refractivity contribution < 1.29 is 0 Å². The van der Waals surface area contributed by atoms with Crippen LogP contribution in [-0.4, -0.2) is 19.5 Å². The van der Waals surface area contributed by atoms with Crippen LogP contribution in [0.2, 0.25) is 0 Å². The van der Waals surface area contributed by atoms with Crippen molar-refractivity contribution in [2.45, 2.75) is 26.4 Å². The van der Waals surface area contributed by atoms with Gasteiger partial charge in [-0.1, -0.05) is 29.8 Å². The average molecular weight is 445 g/mol. The van der Waals surface area contributed by atoms with Gasteiger partial charge in [0, 0.05) is 37.7 Å². The summed E-state index contributed by atoms with van der Waals surface area (Å²) in [5.41, 5.74) is 13.1. The third kappa shape index (κ3) is 4.90. The SMILES string of the molecule is Cc1ccc(-c2[nH]cc(CN)ccn(C)c2-c2ccnc(NC(C)c3ccsc3)n2)cc1. The van der Waals surface area contributed by atoms with Gasteiger partial charge in [-0.05, 0) is 53.9 Å². The highest BCUT2D eigenvalue weighted by Gasteiger charge is 2.14. The van der Waals surface area contributed by atoms with Crippen molar-refractivity contribution in [2.75, 3.05) is 5.32 Å². The van der Waals surface area contributed by atoms with Crippen LogP contribution in [0.1, 0.15) is 29.7 Å². The maximum absolute atomic E-state index is 5.90. The van der Waals surface area contributed by atoms with Crippen molar-refractivity contribution in [1.29, 1.82) is 0 Å². The molecule has 1 atom stereocenters. The Labute approximate surface area is 192 Å². The van der Waals surface area contributed by atoms with Gasteiger partial charge >= 0.3 is 0 Å². The molecular formula is C25H28N6S. The minimum Gasteiger partial charge on any atom is -0.359 e. The number of nitrogens with two attached hydrogens (primary N) is 1. The number of H-pyrrole nitrogens is 1. The first-order valence-corrected chi connectivity index (χ1v) is 11.5. The summed E-state index contributed by atoms with van der Waals surface area (Å²) in [6.07, 6.45) is 5.77. The number of hydrogen-bond donors (Lipinski definition) is 3. The highest BCUT2D eigenvalue weighted by molar-refractivity contribution is 7.08. The van der Waals surface area contributed by atoms with E-state index in [0.29, 0.717) is 12.5 Å². The van der Waals surface area contributed by atoms with Crippen molar-refractivity contribution in [3.63, 3.8) is 0 Å². The third-order valence-corrected chi connectivity index (χ3v) is 6.07. The van der Waals surface area contributed by atoms with Gasteiger partial charge in [-0.3, -0.25) is 0 Å². The molecule has 4 rings (SSSR count). The Balaban J connectivity index is 1.83. The van der Waals surface area contributed by atoms with E-state index in [2.05, 4.69) is 74.8 Å². The van der Waals surface area contributed by atoms with Crippen molar-refractivity contribution >= 4 is 17.3 Å². The summed E-state index contributed by atoms with van der Waals surface area (Å²) in [6.45, 7) is 4.65. The molecule has 0 radical (unpaired) electrons. The topological polar surface area (TPSA) is 84.5 Å². The summed E-state index contributed by atoms with van der Waals surface area (Å²) in [5.74, 6) is 0.592. The second kappa shape index (κ2) is 9.80. The maximum Gasteiger partial charge on any atom is 0.223 e. The van der Waals surface area contributed by atoms with E-state index in [-0.39, 0.29) is 6.04 Å². The Bertz CT molecular complexity index is 1220. The highest BCUT2D eigenvalue weighted by Crippen LogP contribution is 2.29. The summed E-state index contributed by atoms with van der Waals surface area (Å²) in [4.78, 5) is 12.8. The molecule has 3 aromatic heterocycles. The third-order valence-electron chi connectivity index (χ3n) is 5.37. The number of aromatic amines is 1. The van der Waals surface area contributed by atoms with E-state index in [1.807, 2.05) is 31.6 Å². The van der Waals surface area contributed by atoms with Crippen molar-refractivity contribution in [3.05, 3.63) is 88.5 Å². The monoisotopic (exact) mass is 444 g/mol. The van der Waals surface area contributed by atoms with Gasteiger partial charge in [-0.2, -0.15) is 11.3 Å². The standard InChI is InChI=1S/C25H28N6S/c1-17-4-6-20(7-5-17)23-24(31(3)12-9-19(14-26)15-28-23)22-8-11-27-25(30-22)29-18(2)21-10-13-32-16-21/h4-13,15-16,18,28H,14,26H2,1-3H3,(H,27,29,30). The fourth-order valence-electron chi connectivity index (χ4n) is 3.47. The zero-order valence-corrected chi connectivity index (χ0v) is 19.4. The molecule has 0 amide bonds. The van der Waals surface area contributed by atoms with Crippen LogP contribution in [0.4, 0.5) is 5.95 Å². The van der Waals surface area contributed by atoms with Gasteiger partial charge in [0.15, 0.2) is 0 Å². The van der Waals surface area contributed by atoms with Crippen LogP contribution in [0.3, 0.4) is 0 Å². The van der Waals surface area contributed by atoms with Crippen molar-refractivity contribution in [3.8, 4) is 22.6 Å². The molecule has 0 fully saturated rings. The van der Waals surface area contributed by atoms with E-state index in [4.69, 9.17) is 10.7 Å². The van der Waals surface area contributed by atoms with Crippen LogP contribution in [0.25, 0.3) is 22.6 Å². The van der Waals surface area contributed by atoms with Crippen LogP contribution in [0, 0.1) is 6.92 Å². The Morgan fingerprint density at radius 2 is 1.97 bits per heavy atom. The van der Waals surface area contributed by atoms with Crippen LogP contribution in [0.5, 0.6) is 0 Å². The van der Waals surface area contributed by atoms with Gasteiger partial charge in [0.25, 0.3) is 0 Å². The molecule has 0 aliphatic rings. The molecule has 4 N–H and O–H groups in total. The van der Waals surface area contributed by atoms with Crippen molar-refractivity contribution in [1.82, 2.24) is 19.5 Å². The number of nitrogens with one attached hydrogen (secondary N) is 2.